The molecule has 1 unspecified atom stereocenters. The molecule has 1 aromatic heterocycles. The summed E-state index contributed by atoms with van der Waals surface area (Å²) in [6.45, 7) is 4.45. The van der Waals surface area contributed by atoms with Gasteiger partial charge in [-0.2, -0.15) is 0 Å². The fourth-order valence-electron chi connectivity index (χ4n) is 2.15. The van der Waals surface area contributed by atoms with E-state index in [0.29, 0.717) is 18.8 Å². The van der Waals surface area contributed by atoms with Crippen LogP contribution in [0.15, 0.2) is 22.8 Å². The van der Waals surface area contributed by atoms with Crippen molar-refractivity contribution < 1.29 is 19.1 Å². The molecule has 6 heteroatoms. The van der Waals surface area contributed by atoms with Gasteiger partial charge < -0.3 is 14.8 Å². The number of carbonyl (C=O) groups excluding carboxylic acids is 1. The van der Waals surface area contributed by atoms with Gasteiger partial charge in [-0.05, 0) is 26.0 Å². The van der Waals surface area contributed by atoms with Crippen LogP contribution in [-0.2, 0) is 16.1 Å². The highest BCUT2D eigenvalue weighted by Crippen LogP contribution is 2.23. The minimum atomic E-state index is -0.901. The molecule has 0 radical (unpaired) electrons. The Hall–Kier alpha value is -1.82. The number of hydrogen-bond acceptors (Lipinski definition) is 4. The first-order chi connectivity index (χ1) is 8.91. The molecule has 1 aliphatic rings. The van der Waals surface area contributed by atoms with Crippen LogP contribution in [-0.4, -0.2) is 40.5 Å². The maximum absolute atomic E-state index is 12.1. The molecule has 0 spiro atoms. The summed E-state index contributed by atoms with van der Waals surface area (Å²) in [6, 6.07) is 3.59. The molecule has 2 N–H and O–H groups in total. The lowest BCUT2D eigenvalue weighted by Crippen LogP contribution is -2.52. The molecule has 0 aliphatic carbocycles. The third kappa shape index (κ3) is 2.78. The smallest absolute Gasteiger partial charge is 0.309 e. The average Bonchev–Trinajstić information content (AvgIpc) is 2.80. The fourth-order valence-corrected chi connectivity index (χ4v) is 2.15. The Morgan fingerprint density at radius 2 is 2.37 bits per heavy atom. The molecule has 0 aromatic carbocycles. The summed E-state index contributed by atoms with van der Waals surface area (Å²) in [5.41, 5.74) is -0.767. The van der Waals surface area contributed by atoms with Crippen LogP contribution in [0.5, 0.6) is 0 Å². The van der Waals surface area contributed by atoms with Crippen molar-refractivity contribution in [1.82, 2.24) is 10.2 Å². The zero-order valence-corrected chi connectivity index (χ0v) is 11.0. The van der Waals surface area contributed by atoms with Gasteiger partial charge in [0.15, 0.2) is 0 Å². The van der Waals surface area contributed by atoms with Crippen LogP contribution in [0, 0.1) is 5.92 Å². The molecule has 1 aromatic rings. The van der Waals surface area contributed by atoms with Gasteiger partial charge in [-0.1, -0.05) is 0 Å². The van der Waals surface area contributed by atoms with Crippen LogP contribution in [0.3, 0.4) is 0 Å². The van der Waals surface area contributed by atoms with E-state index < -0.39 is 17.4 Å². The van der Waals surface area contributed by atoms with E-state index in [1.807, 2.05) is 11.0 Å². The monoisotopic (exact) mass is 266 g/mol. The quantitative estimate of drug-likeness (QED) is 0.841. The Bertz CT molecular complexity index is 467. The van der Waals surface area contributed by atoms with Gasteiger partial charge in [-0.3, -0.25) is 14.5 Å². The second kappa shape index (κ2) is 5.05. The highest BCUT2D eigenvalue weighted by atomic mass is 16.4. The zero-order chi connectivity index (χ0) is 14.0. The Kier molecular flexibility index (Phi) is 3.61. The number of carbonyl (C=O) groups is 2. The Labute approximate surface area is 111 Å². The van der Waals surface area contributed by atoms with Crippen molar-refractivity contribution in [2.24, 2.45) is 5.92 Å². The van der Waals surface area contributed by atoms with E-state index in [-0.39, 0.29) is 12.5 Å². The Morgan fingerprint density at radius 3 is 2.95 bits per heavy atom. The van der Waals surface area contributed by atoms with Crippen molar-refractivity contribution in [2.45, 2.75) is 25.9 Å². The van der Waals surface area contributed by atoms with Gasteiger partial charge in [0.1, 0.15) is 5.76 Å². The molecular weight excluding hydrogens is 248 g/mol. The maximum Gasteiger partial charge on any atom is 0.309 e. The number of rotatable bonds is 3. The van der Waals surface area contributed by atoms with E-state index in [1.54, 1.807) is 26.2 Å². The first kappa shape index (κ1) is 13.6. The number of furan rings is 1. The van der Waals surface area contributed by atoms with Crippen LogP contribution in [0.1, 0.15) is 19.6 Å². The van der Waals surface area contributed by atoms with Gasteiger partial charge >= 0.3 is 5.97 Å². The number of carboxylic acids is 1. The van der Waals surface area contributed by atoms with E-state index >= 15 is 0 Å². The lowest BCUT2D eigenvalue weighted by Gasteiger charge is -2.34. The van der Waals surface area contributed by atoms with E-state index in [4.69, 9.17) is 9.52 Å². The summed E-state index contributed by atoms with van der Waals surface area (Å²) >= 11 is 0. The third-order valence-electron chi connectivity index (χ3n) is 3.57. The minimum absolute atomic E-state index is 0.159. The van der Waals surface area contributed by atoms with E-state index in [2.05, 4.69) is 5.32 Å². The van der Waals surface area contributed by atoms with Crippen LogP contribution < -0.4 is 5.32 Å². The van der Waals surface area contributed by atoms with Crippen LogP contribution in [0.25, 0.3) is 0 Å². The largest absolute Gasteiger partial charge is 0.481 e. The molecule has 104 valence electrons. The van der Waals surface area contributed by atoms with Crippen molar-refractivity contribution >= 4 is 11.9 Å². The Morgan fingerprint density at radius 1 is 1.63 bits per heavy atom. The Balaban J connectivity index is 2.23. The lowest BCUT2D eigenvalue weighted by molar-refractivity contribution is -0.142. The van der Waals surface area contributed by atoms with Gasteiger partial charge in [0.05, 0.1) is 24.3 Å². The first-order valence-corrected chi connectivity index (χ1v) is 6.20. The fraction of sp³-hybridized carbons (Fsp3) is 0.538. The number of carboxylic acid groups (broad SMARTS) is 1. The summed E-state index contributed by atoms with van der Waals surface area (Å²) in [4.78, 5) is 25.1. The summed E-state index contributed by atoms with van der Waals surface area (Å²) in [5.74, 6) is -0.960. The van der Waals surface area contributed by atoms with Crippen molar-refractivity contribution in [1.29, 1.82) is 0 Å². The minimum Gasteiger partial charge on any atom is -0.481 e. The predicted octanol–water partition coefficient (Wildman–Crippen LogP) is 0.691. The highest BCUT2D eigenvalue weighted by Gasteiger charge is 2.40. The second-order valence-corrected chi connectivity index (χ2v) is 5.26. The number of aliphatic carboxylic acids is 1. The number of nitrogens with one attached hydrogen (secondary N) is 1. The third-order valence-corrected chi connectivity index (χ3v) is 3.57. The topological polar surface area (TPSA) is 82.8 Å². The normalized spacial score (nSPS) is 23.7. The van der Waals surface area contributed by atoms with Crippen LogP contribution in [0.4, 0.5) is 0 Å². The van der Waals surface area contributed by atoms with Crippen molar-refractivity contribution in [2.75, 3.05) is 13.1 Å². The lowest BCUT2D eigenvalue weighted by atomic mass is 10.0. The van der Waals surface area contributed by atoms with Gasteiger partial charge in [0, 0.05) is 13.1 Å². The standard InChI is InChI=1S/C13H18N2O4/c1-13(2)12(18)14-6-9(11(16)17)7-15(13)8-10-4-3-5-19-10/h3-5,9H,6-8H2,1-2H3,(H,14,18)(H,16,17). The molecule has 2 heterocycles. The molecule has 1 saturated heterocycles. The van der Waals surface area contributed by atoms with Gasteiger partial charge in [0.2, 0.25) is 5.91 Å². The van der Waals surface area contributed by atoms with Gasteiger partial charge in [0.25, 0.3) is 0 Å². The number of amides is 1. The average molecular weight is 266 g/mol. The van der Waals surface area contributed by atoms with E-state index in [0.717, 1.165) is 0 Å². The first-order valence-electron chi connectivity index (χ1n) is 6.20. The molecular formula is C13H18N2O4. The maximum atomic E-state index is 12.1. The summed E-state index contributed by atoms with van der Waals surface area (Å²) < 4.78 is 5.28. The molecule has 0 saturated carbocycles. The van der Waals surface area contributed by atoms with Crippen LogP contribution in [0.2, 0.25) is 0 Å². The molecule has 2 rings (SSSR count). The zero-order valence-electron chi connectivity index (χ0n) is 11.0. The summed E-state index contributed by atoms with van der Waals surface area (Å²) in [6.07, 6.45) is 1.56. The summed E-state index contributed by atoms with van der Waals surface area (Å²) in [5, 5.41) is 11.8. The van der Waals surface area contributed by atoms with Crippen molar-refractivity contribution in [3.63, 3.8) is 0 Å². The van der Waals surface area contributed by atoms with Crippen LogP contribution >= 0.6 is 0 Å². The highest BCUT2D eigenvalue weighted by molar-refractivity contribution is 5.86. The second-order valence-electron chi connectivity index (χ2n) is 5.26. The van der Waals surface area contributed by atoms with Crippen molar-refractivity contribution in [3.8, 4) is 0 Å². The number of nitrogens with zero attached hydrogens (tertiary/aromatic N) is 1. The van der Waals surface area contributed by atoms with E-state index in [1.165, 1.54) is 0 Å². The predicted molar refractivity (Wildman–Crippen MR) is 67.3 cm³/mol. The molecule has 6 nitrogen and oxygen atoms in total. The van der Waals surface area contributed by atoms with Gasteiger partial charge in [-0.25, -0.2) is 0 Å². The summed E-state index contributed by atoms with van der Waals surface area (Å²) in [7, 11) is 0. The molecule has 1 amide bonds. The van der Waals surface area contributed by atoms with E-state index in [9.17, 15) is 9.59 Å². The SMILES string of the molecule is CC1(C)C(=O)NCC(C(=O)O)CN1Cc1ccco1. The van der Waals surface area contributed by atoms with Crippen molar-refractivity contribution in [3.05, 3.63) is 24.2 Å². The molecule has 1 fully saturated rings. The number of hydrogen-bond donors (Lipinski definition) is 2. The molecule has 0 bridgehead atoms. The molecule has 19 heavy (non-hydrogen) atoms. The van der Waals surface area contributed by atoms with Gasteiger partial charge in [-0.15, -0.1) is 0 Å². The molecule has 1 atom stereocenters. The molecule has 1 aliphatic heterocycles.